The zero-order valence-electron chi connectivity index (χ0n) is 10.0. The van der Waals surface area contributed by atoms with Gasteiger partial charge in [-0.25, -0.2) is 4.79 Å². The van der Waals surface area contributed by atoms with Crippen LogP contribution in [0.1, 0.15) is 6.42 Å². The molecule has 0 bridgehead atoms. The molecule has 0 amide bonds. The van der Waals surface area contributed by atoms with Gasteiger partial charge in [0.2, 0.25) is 0 Å². The van der Waals surface area contributed by atoms with Gasteiger partial charge in [-0.2, -0.15) is 0 Å². The molecule has 104 valence electrons. The standard InChI is InChI=1S/C12H13ClO6/c13-6-5-11(15)18-8-17-7-12(16)19-10-3-1-9(14)2-4-10/h1-4,14H,5-8H2. The fourth-order valence-corrected chi connectivity index (χ4v) is 1.21. The van der Waals surface area contributed by atoms with E-state index in [1.54, 1.807) is 0 Å². The average Bonchev–Trinajstić information content (AvgIpc) is 2.38. The number of carbonyl (C=O) groups is 2. The van der Waals surface area contributed by atoms with Crippen molar-refractivity contribution in [1.82, 2.24) is 0 Å². The highest BCUT2D eigenvalue weighted by atomic mass is 35.5. The van der Waals surface area contributed by atoms with Gasteiger partial charge in [0.15, 0.2) is 6.79 Å². The topological polar surface area (TPSA) is 82.1 Å². The maximum absolute atomic E-state index is 11.3. The number of halogens is 1. The quantitative estimate of drug-likeness (QED) is 0.269. The van der Waals surface area contributed by atoms with E-state index in [4.69, 9.17) is 26.2 Å². The van der Waals surface area contributed by atoms with Gasteiger partial charge < -0.3 is 19.3 Å². The Morgan fingerprint density at radius 2 is 1.84 bits per heavy atom. The highest BCUT2D eigenvalue weighted by molar-refractivity contribution is 6.18. The number of esters is 2. The summed E-state index contributed by atoms with van der Waals surface area (Å²) in [6, 6.07) is 5.65. The summed E-state index contributed by atoms with van der Waals surface area (Å²) in [5.41, 5.74) is 0. The lowest BCUT2D eigenvalue weighted by molar-refractivity contribution is -0.161. The highest BCUT2D eigenvalue weighted by Gasteiger charge is 2.06. The molecule has 0 radical (unpaired) electrons. The lowest BCUT2D eigenvalue weighted by atomic mass is 10.3. The number of phenolic OH excluding ortho intramolecular Hbond substituents is 1. The molecular weight excluding hydrogens is 276 g/mol. The monoisotopic (exact) mass is 288 g/mol. The summed E-state index contributed by atoms with van der Waals surface area (Å²) < 4.78 is 14.3. The van der Waals surface area contributed by atoms with Gasteiger partial charge in [0, 0.05) is 5.88 Å². The third-order valence-corrected chi connectivity index (χ3v) is 2.08. The van der Waals surface area contributed by atoms with Crippen LogP contribution in [0, 0.1) is 0 Å². The number of benzene rings is 1. The second kappa shape index (κ2) is 8.34. The maximum Gasteiger partial charge on any atom is 0.337 e. The Morgan fingerprint density at radius 1 is 1.16 bits per heavy atom. The van der Waals surface area contributed by atoms with Crippen molar-refractivity contribution < 1.29 is 28.9 Å². The van der Waals surface area contributed by atoms with Gasteiger partial charge in [0.25, 0.3) is 0 Å². The number of ether oxygens (including phenoxy) is 3. The Bertz CT molecular complexity index is 417. The molecule has 7 heteroatoms. The predicted molar refractivity (Wildman–Crippen MR) is 66.0 cm³/mol. The van der Waals surface area contributed by atoms with E-state index in [1.807, 2.05) is 0 Å². The number of hydrogen-bond acceptors (Lipinski definition) is 6. The molecule has 1 aromatic carbocycles. The Kier molecular flexibility index (Phi) is 6.70. The normalized spacial score (nSPS) is 9.95. The van der Waals surface area contributed by atoms with Crippen LogP contribution in [0.3, 0.4) is 0 Å². The summed E-state index contributed by atoms with van der Waals surface area (Å²) in [4.78, 5) is 22.2. The van der Waals surface area contributed by atoms with Crippen LogP contribution in [0.4, 0.5) is 0 Å². The van der Waals surface area contributed by atoms with E-state index >= 15 is 0 Å². The number of phenols is 1. The van der Waals surface area contributed by atoms with E-state index in [2.05, 4.69) is 4.74 Å². The van der Waals surface area contributed by atoms with Gasteiger partial charge in [0.1, 0.15) is 18.1 Å². The molecule has 0 spiro atoms. The van der Waals surface area contributed by atoms with Crippen molar-refractivity contribution in [1.29, 1.82) is 0 Å². The Morgan fingerprint density at radius 3 is 2.47 bits per heavy atom. The maximum atomic E-state index is 11.3. The second-order valence-electron chi connectivity index (χ2n) is 3.39. The van der Waals surface area contributed by atoms with Gasteiger partial charge in [-0.05, 0) is 24.3 Å². The van der Waals surface area contributed by atoms with Gasteiger partial charge in [-0.15, -0.1) is 11.6 Å². The summed E-state index contributed by atoms with van der Waals surface area (Å²) in [7, 11) is 0. The van der Waals surface area contributed by atoms with Gasteiger partial charge in [0.05, 0.1) is 6.42 Å². The van der Waals surface area contributed by atoms with Crippen molar-refractivity contribution in [3.05, 3.63) is 24.3 Å². The minimum Gasteiger partial charge on any atom is -0.508 e. The fraction of sp³-hybridized carbons (Fsp3) is 0.333. The van der Waals surface area contributed by atoms with Gasteiger partial charge >= 0.3 is 11.9 Å². The second-order valence-corrected chi connectivity index (χ2v) is 3.77. The minimum absolute atomic E-state index is 0.0715. The number of rotatable bonds is 7. The molecule has 0 atom stereocenters. The highest BCUT2D eigenvalue weighted by Crippen LogP contribution is 2.15. The average molecular weight is 289 g/mol. The van der Waals surface area contributed by atoms with E-state index in [9.17, 15) is 9.59 Å². The molecule has 0 aliphatic heterocycles. The van der Waals surface area contributed by atoms with Crippen molar-refractivity contribution in [2.24, 2.45) is 0 Å². The van der Waals surface area contributed by atoms with Crippen LogP contribution < -0.4 is 4.74 Å². The molecule has 0 heterocycles. The summed E-state index contributed by atoms with van der Waals surface area (Å²) in [5.74, 6) is -0.615. The van der Waals surface area contributed by atoms with Gasteiger partial charge in [-0.3, -0.25) is 4.79 Å². The number of carbonyl (C=O) groups excluding carboxylic acids is 2. The van der Waals surface area contributed by atoms with Crippen molar-refractivity contribution >= 4 is 23.5 Å². The van der Waals surface area contributed by atoms with Crippen LogP contribution in [0.2, 0.25) is 0 Å². The van der Waals surface area contributed by atoms with E-state index in [-0.39, 0.29) is 37.2 Å². The van der Waals surface area contributed by atoms with Crippen LogP contribution in [0.5, 0.6) is 11.5 Å². The molecule has 0 aromatic heterocycles. The number of hydrogen-bond donors (Lipinski definition) is 1. The fourth-order valence-electron chi connectivity index (χ4n) is 1.06. The third kappa shape index (κ3) is 6.64. The molecule has 0 saturated heterocycles. The van der Waals surface area contributed by atoms with Crippen LogP contribution in [0.15, 0.2) is 24.3 Å². The van der Waals surface area contributed by atoms with E-state index in [1.165, 1.54) is 24.3 Å². The molecule has 19 heavy (non-hydrogen) atoms. The molecule has 1 N–H and O–H groups in total. The van der Waals surface area contributed by atoms with Crippen molar-refractivity contribution in [3.8, 4) is 11.5 Å². The Balaban J connectivity index is 2.18. The molecule has 0 unspecified atom stereocenters. The van der Waals surface area contributed by atoms with E-state index < -0.39 is 11.9 Å². The molecule has 0 saturated carbocycles. The molecule has 0 fully saturated rings. The SMILES string of the molecule is O=C(CCCl)OCOCC(=O)Oc1ccc(O)cc1. The predicted octanol–water partition coefficient (Wildman–Crippen LogP) is 1.44. The zero-order valence-corrected chi connectivity index (χ0v) is 10.8. The lowest BCUT2D eigenvalue weighted by Gasteiger charge is -2.06. The van der Waals surface area contributed by atoms with E-state index in [0.29, 0.717) is 0 Å². The van der Waals surface area contributed by atoms with Crippen LogP contribution in [-0.4, -0.2) is 36.3 Å². The smallest absolute Gasteiger partial charge is 0.337 e. The zero-order chi connectivity index (χ0) is 14.1. The summed E-state index contributed by atoms with van der Waals surface area (Å²) in [6.07, 6.45) is 0.0862. The third-order valence-electron chi connectivity index (χ3n) is 1.89. The first-order valence-electron chi connectivity index (χ1n) is 5.41. The molecule has 1 aromatic rings. The Labute approximate surface area is 114 Å². The number of alkyl halides is 1. The van der Waals surface area contributed by atoms with Crippen LogP contribution in [0.25, 0.3) is 0 Å². The number of aromatic hydroxyl groups is 1. The van der Waals surface area contributed by atoms with Crippen LogP contribution in [-0.2, 0) is 19.1 Å². The van der Waals surface area contributed by atoms with E-state index in [0.717, 1.165) is 0 Å². The lowest BCUT2D eigenvalue weighted by Crippen LogP contribution is -2.18. The minimum atomic E-state index is -0.640. The van der Waals surface area contributed by atoms with Gasteiger partial charge in [-0.1, -0.05) is 0 Å². The molecular formula is C12H13ClO6. The summed E-state index contributed by atoms with van der Waals surface area (Å²) in [6.45, 7) is -0.685. The van der Waals surface area contributed by atoms with Crippen molar-refractivity contribution in [2.45, 2.75) is 6.42 Å². The van der Waals surface area contributed by atoms with Crippen LogP contribution >= 0.6 is 11.6 Å². The summed E-state index contributed by atoms with van der Waals surface area (Å²) >= 11 is 5.33. The molecule has 6 nitrogen and oxygen atoms in total. The first-order valence-corrected chi connectivity index (χ1v) is 5.94. The first kappa shape index (κ1) is 15.3. The largest absolute Gasteiger partial charge is 0.508 e. The first-order chi connectivity index (χ1) is 9.11. The molecule has 0 aliphatic carbocycles. The molecule has 0 aliphatic rings. The molecule has 1 rings (SSSR count). The summed E-state index contributed by atoms with van der Waals surface area (Å²) in [5, 5.41) is 9.04. The van der Waals surface area contributed by atoms with Crippen molar-refractivity contribution in [2.75, 3.05) is 19.3 Å². The Hall–Kier alpha value is -1.79. The van der Waals surface area contributed by atoms with Crippen molar-refractivity contribution in [3.63, 3.8) is 0 Å².